The number of fused-ring (bicyclic) bond motifs is 1. The van der Waals surface area contributed by atoms with Crippen LogP contribution in [0.15, 0.2) is 18.5 Å². The Morgan fingerprint density at radius 3 is 2.67 bits per heavy atom. The molecule has 0 radical (unpaired) electrons. The normalized spacial score (nSPS) is 19.8. The molecule has 0 unspecified atom stereocenters. The van der Waals surface area contributed by atoms with Gasteiger partial charge in [0.25, 0.3) is 0 Å². The van der Waals surface area contributed by atoms with Gasteiger partial charge in [-0.1, -0.05) is 12.2 Å². The van der Waals surface area contributed by atoms with E-state index in [4.69, 9.17) is 24.3 Å². The average molecular weight is 397 g/mol. The van der Waals surface area contributed by atoms with Crippen LogP contribution in [0.4, 0.5) is 5.95 Å². The number of nitrogen functional groups attached to an aromatic ring is 1. The number of hydrogen-bond acceptors (Lipinski definition) is 9. The zero-order chi connectivity index (χ0) is 19.4. The summed E-state index contributed by atoms with van der Waals surface area (Å²) in [7, 11) is -1.73. The average Bonchev–Trinajstić information content (AvgIpc) is 3.26. The molecular weight excluding hydrogens is 373 g/mol. The van der Waals surface area contributed by atoms with Crippen molar-refractivity contribution in [2.45, 2.75) is 32.4 Å². The van der Waals surface area contributed by atoms with Gasteiger partial charge in [0.1, 0.15) is 6.35 Å². The van der Waals surface area contributed by atoms with E-state index in [1.165, 1.54) is 7.11 Å². The highest BCUT2D eigenvalue weighted by Crippen LogP contribution is 2.48. The number of hydrogen-bond donors (Lipinski definition) is 1. The van der Waals surface area contributed by atoms with Crippen LogP contribution in [-0.4, -0.2) is 52.3 Å². The maximum atomic E-state index is 12.5. The van der Waals surface area contributed by atoms with Gasteiger partial charge in [-0.05, 0) is 13.8 Å². The summed E-state index contributed by atoms with van der Waals surface area (Å²) in [5, 5.41) is 0. The molecule has 3 rings (SSSR count). The number of anilines is 1. The highest BCUT2D eigenvalue weighted by Gasteiger charge is 2.29. The highest BCUT2D eigenvalue weighted by atomic mass is 31.2. The largest absolute Gasteiger partial charge is 0.479 e. The predicted octanol–water partition coefficient (Wildman–Crippen LogP) is 2.53. The Morgan fingerprint density at radius 2 is 2.00 bits per heavy atom. The molecule has 0 aliphatic heterocycles. The Hall–Kier alpha value is -2.00. The lowest BCUT2D eigenvalue weighted by Crippen LogP contribution is -2.14. The number of ether oxygens (including phenoxy) is 2. The van der Waals surface area contributed by atoms with Crippen molar-refractivity contribution in [2.75, 3.05) is 32.4 Å². The van der Waals surface area contributed by atoms with Gasteiger partial charge in [-0.25, -0.2) is 4.98 Å². The minimum absolute atomic E-state index is 0.0300. The van der Waals surface area contributed by atoms with Crippen LogP contribution in [0.5, 0.6) is 5.88 Å². The van der Waals surface area contributed by atoms with Crippen LogP contribution in [-0.2, 0) is 18.3 Å². The molecule has 2 atom stereocenters. The van der Waals surface area contributed by atoms with Gasteiger partial charge >= 0.3 is 7.60 Å². The first kappa shape index (κ1) is 19.8. The lowest BCUT2D eigenvalue weighted by atomic mass is 10.2. The summed E-state index contributed by atoms with van der Waals surface area (Å²) in [6.45, 7) is 4.13. The van der Waals surface area contributed by atoms with Gasteiger partial charge in [-0.15, -0.1) is 0 Å². The predicted molar refractivity (Wildman–Crippen MR) is 99.7 cm³/mol. The Balaban J connectivity index is 1.70. The molecule has 0 aromatic carbocycles. The fourth-order valence-electron chi connectivity index (χ4n) is 2.96. The smallest absolute Gasteiger partial charge is 0.356 e. The third kappa shape index (κ3) is 4.30. The molecule has 2 heterocycles. The van der Waals surface area contributed by atoms with Crippen LogP contribution in [0.25, 0.3) is 11.2 Å². The van der Waals surface area contributed by atoms with Crippen LogP contribution < -0.4 is 10.5 Å². The number of rotatable bonds is 9. The maximum Gasteiger partial charge on any atom is 0.356 e. The Bertz CT molecular complexity index is 860. The van der Waals surface area contributed by atoms with Gasteiger partial charge in [0.2, 0.25) is 11.8 Å². The van der Waals surface area contributed by atoms with E-state index in [0.29, 0.717) is 36.7 Å². The van der Waals surface area contributed by atoms with E-state index < -0.39 is 7.60 Å². The van der Waals surface area contributed by atoms with Gasteiger partial charge in [0.15, 0.2) is 11.2 Å². The zero-order valence-corrected chi connectivity index (χ0v) is 16.5. The first-order chi connectivity index (χ1) is 13.0. The molecule has 2 aromatic rings. The van der Waals surface area contributed by atoms with Crippen LogP contribution in [0.1, 0.15) is 26.3 Å². The van der Waals surface area contributed by atoms with Crippen molar-refractivity contribution in [3.05, 3.63) is 18.5 Å². The molecule has 1 aliphatic rings. The number of methoxy groups -OCH3 is 1. The molecule has 0 bridgehead atoms. The molecule has 2 aromatic heterocycles. The second-order valence-electron chi connectivity index (χ2n) is 5.88. The first-order valence-corrected chi connectivity index (χ1v) is 10.4. The summed E-state index contributed by atoms with van der Waals surface area (Å²) in [5.74, 6) is 0.450. The lowest BCUT2D eigenvalue weighted by molar-refractivity contribution is 0.0898. The number of nitrogens with zero attached hydrogens (tertiary/aromatic N) is 4. The van der Waals surface area contributed by atoms with E-state index in [9.17, 15) is 4.57 Å². The van der Waals surface area contributed by atoms with Crippen LogP contribution >= 0.6 is 7.60 Å². The fraction of sp³-hybridized carbons (Fsp3) is 0.562. The van der Waals surface area contributed by atoms with Crippen molar-refractivity contribution in [2.24, 2.45) is 0 Å². The molecule has 148 valence electrons. The Labute approximate surface area is 157 Å². The Kier molecular flexibility index (Phi) is 6.11. The van der Waals surface area contributed by atoms with E-state index in [1.54, 1.807) is 20.2 Å². The van der Waals surface area contributed by atoms with Gasteiger partial charge in [0, 0.05) is 6.42 Å². The van der Waals surface area contributed by atoms with Gasteiger partial charge in [0.05, 0.1) is 38.8 Å². The van der Waals surface area contributed by atoms with Crippen LogP contribution in [0.3, 0.4) is 0 Å². The van der Waals surface area contributed by atoms with E-state index in [1.807, 2.05) is 16.7 Å². The summed E-state index contributed by atoms with van der Waals surface area (Å²) in [4.78, 5) is 12.6. The molecule has 27 heavy (non-hydrogen) atoms. The monoisotopic (exact) mass is 397 g/mol. The molecule has 0 amide bonds. The van der Waals surface area contributed by atoms with E-state index in [0.717, 1.165) is 0 Å². The highest BCUT2D eigenvalue weighted by molar-refractivity contribution is 7.53. The molecule has 2 N–H and O–H groups in total. The molecule has 0 saturated carbocycles. The molecule has 0 fully saturated rings. The van der Waals surface area contributed by atoms with Crippen molar-refractivity contribution >= 4 is 24.7 Å². The number of imidazole rings is 1. The molecule has 0 spiro atoms. The van der Waals surface area contributed by atoms with Crippen molar-refractivity contribution in [1.82, 2.24) is 19.5 Å². The first-order valence-electron chi connectivity index (χ1n) is 8.71. The SMILES string of the molecule is CCOP(=O)(CO[C@@H]1C=C[C@H](n2cnc3c(OC)nc(N)nc32)C1)OCC. The second-order valence-corrected chi connectivity index (χ2v) is 7.88. The van der Waals surface area contributed by atoms with Crippen molar-refractivity contribution in [1.29, 1.82) is 0 Å². The summed E-state index contributed by atoms with van der Waals surface area (Å²) in [6.07, 6.45) is 5.90. The van der Waals surface area contributed by atoms with Crippen LogP contribution in [0.2, 0.25) is 0 Å². The van der Waals surface area contributed by atoms with Gasteiger partial charge < -0.3 is 28.8 Å². The Morgan fingerprint density at radius 1 is 1.26 bits per heavy atom. The summed E-state index contributed by atoms with van der Waals surface area (Å²) < 4.78 is 35.9. The van der Waals surface area contributed by atoms with E-state index in [-0.39, 0.29) is 24.4 Å². The summed E-state index contributed by atoms with van der Waals surface area (Å²) >= 11 is 0. The number of nitrogens with two attached hydrogens (primary N) is 1. The molecule has 1 aliphatic carbocycles. The van der Waals surface area contributed by atoms with Crippen LogP contribution in [0, 0.1) is 0 Å². The fourth-order valence-corrected chi connectivity index (χ4v) is 4.35. The van der Waals surface area contributed by atoms with Crippen molar-refractivity contribution < 1.29 is 23.1 Å². The molecular formula is C16H24N5O5P. The lowest BCUT2D eigenvalue weighted by Gasteiger charge is -2.20. The van der Waals surface area contributed by atoms with Gasteiger partial charge in [-0.2, -0.15) is 9.97 Å². The zero-order valence-electron chi connectivity index (χ0n) is 15.6. The van der Waals surface area contributed by atoms with Gasteiger partial charge in [-0.3, -0.25) is 4.57 Å². The number of allylic oxidation sites excluding steroid dienone is 1. The minimum atomic E-state index is -3.24. The summed E-state index contributed by atoms with van der Waals surface area (Å²) in [5.41, 5.74) is 6.89. The second kappa shape index (κ2) is 8.35. The van der Waals surface area contributed by atoms with Crippen molar-refractivity contribution in [3.8, 4) is 5.88 Å². The van der Waals surface area contributed by atoms with E-state index in [2.05, 4.69) is 15.0 Å². The third-order valence-corrected chi connectivity index (χ3v) is 5.85. The minimum Gasteiger partial charge on any atom is -0.479 e. The maximum absolute atomic E-state index is 12.5. The van der Waals surface area contributed by atoms with Crippen molar-refractivity contribution in [3.63, 3.8) is 0 Å². The number of aromatic nitrogens is 4. The molecule has 0 saturated heterocycles. The quantitative estimate of drug-likeness (QED) is 0.502. The standard InChI is InChI=1S/C16H24N5O5P/c1-4-25-27(22,26-5-2)10-24-12-7-6-11(8-12)21-9-18-13-14(21)19-16(17)20-15(13)23-3/h6-7,9,11-12H,4-5,8,10H2,1-3H3,(H2,17,19,20)/t11-,12+/m0/s1. The molecule has 10 nitrogen and oxygen atoms in total. The molecule has 11 heteroatoms. The van der Waals surface area contributed by atoms with E-state index >= 15 is 0 Å². The summed E-state index contributed by atoms with van der Waals surface area (Å²) in [6, 6.07) is -0.0300. The topological polar surface area (TPSA) is 124 Å². The third-order valence-electron chi connectivity index (χ3n) is 4.08.